The zero-order valence-corrected chi connectivity index (χ0v) is 15.0. The molecule has 8 heteroatoms. The standard InChI is InChI=1S/C17H24N4O4/c1-9(11-6-7-12-13(8-11)21-15(23)20-12)18-14(22)10(2)19-16(24)25-17(3,4)5/h6-10H,1-5H3,(H,18,22)(H,19,24)(H2,20,21,23)/t9-,10-/m1/s1. The quantitative estimate of drug-likeness (QED) is 0.675. The molecule has 25 heavy (non-hydrogen) atoms. The highest BCUT2D eigenvalue weighted by molar-refractivity contribution is 5.85. The highest BCUT2D eigenvalue weighted by Crippen LogP contribution is 2.17. The Hall–Kier alpha value is -2.77. The number of amides is 2. The molecule has 8 nitrogen and oxygen atoms in total. The number of imidazole rings is 1. The van der Waals surface area contributed by atoms with E-state index in [1.165, 1.54) is 0 Å². The van der Waals surface area contributed by atoms with Gasteiger partial charge in [-0.3, -0.25) is 4.79 Å². The molecular weight excluding hydrogens is 324 g/mol. The molecule has 1 aromatic heterocycles. The van der Waals surface area contributed by atoms with Gasteiger partial charge in [0.1, 0.15) is 11.6 Å². The molecule has 0 spiro atoms. The Labute approximate surface area is 145 Å². The van der Waals surface area contributed by atoms with Crippen LogP contribution in [0.2, 0.25) is 0 Å². The van der Waals surface area contributed by atoms with Gasteiger partial charge in [-0.05, 0) is 52.3 Å². The third-order valence-electron chi connectivity index (χ3n) is 3.53. The fourth-order valence-electron chi connectivity index (χ4n) is 2.29. The molecule has 2 amide bonds. The van der Waals surface area contributed by atoms with Gasteiger partial charge in [0, 0.05) is 0 Å². The van der Waals surface area contributed by atoms with Gasteiger partial charge in [0.05, 0.1) is 17.1 Å². The highest BCUT2D eigenvalue weighted by atomic mass is 16.6. The number of aromatic nitrogens is 2. The third-order valence-corrected chi connectivity index (χ3v) is 3.53. The van der Waals surface area contributed by atoms with Crippen molar-refractivity contribution in [3.05, 3.63) is 34.2 Å². The van der Waals surface area contributed by atoms with E-state index in [2.05, 4.69) is 20.6 Å². The molecule has 1 heterocycles. The molecule has 0 radical (unpaired) electrons. The van der Waals surface area contributed by atoms with Crippen molar-refractivity contribution < 1.29 is 14.3 Å². The number of carbonyl (C=O) groups is 2. The van der Waals surface area contributed by atoms with Crippen LogP contribution in [-0.2, 0) is 9.53 Å². The molecule has 136 valence electrons. The third kappa shape index (κ3) is 5.10. The Balaban J connectivity index is 1.98. The zero-order chi connectivity index (χ0) is 18.8. The summed E-state index contributed by atoms with van der Waals surface area (Å²) in [5.74, 6) is -0.332. The van der Waals surface area contributed by atoms with Crippen LogP contribution in [0, 0.1) is 0 Å². The second-order valence-corrected chi connectivity index (χ2v) is 6.98. The van der Waals surface area contributed by atoms with Gasteiger partial charge in [-0.1, -0.05) is 6.07 Å². The monoisotopic (exact) mass is 348 g/mol. The molecule has 0 aliphatic rings. The largest absolute Gasteiger partial charge is 0.444 e. The molecule has 0 bridgehead atoms. The van der Waals surface area contributed by atoms with Crippen LogP contribution in [0.3, 0.4) is 0 Å². The summed E-state index contributed by atoms with van der Waals surface area (Å²) in [6.07, 6.45) is -0.644. The maximum absolute atomic E-state index is 12.3. The Morgan fingerprint density at radius 3 is 2.36 bits per heavy atom. The minimum Gasteiger partial charge on any atom is -0.444 e. The lowest BCUT2D eigenvalue weighted by Crippen LogP contribution is -2.47. The van der Waals surface area contributed by atoms with E-state index in [0.717, 1.165) is 5.56 Å². The average Bonchev–Trinajstić information content (AvgIpc) is 2.83. The molecule has 2 atom stereocenters. The first kappa shape index (κ1) is 18.6. The maximum Gasteiger partial charge on any atom is 0.408 e. The molecule has 0 aliphatic carbocycles. The minimum absolute atomic E-state index is 0.279. The van der Waals surface area contributed by atoms with Crippen molar-refractivity contribution in [3.8, 4) is 0 Å². The van der Waals surface area contributed by atoms with Gasteiger partial charge in [0.15, 0.2) is 0 Å². The molecule has 0 fully saturated rings. The lowest BCUT2D eigenvalue weighted by molar-refractivity contribution is -0.123. The summed E-state index contributed by atoms with van der Waals surface area (Å²) in [7, 11) is 0. The summed E-state index contributed by atoms with van der Waals surface area (Å²) >= 11 is 0. The number of hydrogen-bond acceptors (Lipinski definition) is 4. The van der Waals surface area contributed by atoms with E-state index < -0.39 is 17.7 Å². The van der Waals surface area contributed by atoms with Crippen LogP contribution in [0.5, 0.6) is 0 Å². The van der Waals surface area contributed by atoms with Gasteiger partial charge < -0.3 is 25.3 Å². The van der Waals surface area contributed by atoms with E-state index >= 15 is 0 Å². The molecular formula is C17H24N4O4. The highest BCUT2D eigenvalue weighted by Gasteiger charge is 2.22. The van der Waals surface area contributed by atoms with Crippen LogP contribution in [0.25, 0.3) is 11.0 Å². The van der Waals surface area contributed by atoms with Crippen LogP contribution >= 0.6 is 0 Å². The topological polar surface area (TPSA) is 116 Å². The fourth-order valence-corrected chi connectivity index (χ4v) is 2.29. The van der Waals surface area contributed by atoms with E-state index in [4.69, 9.17) is 4.74 Å². The van der Waals surface area contributed by atoms with Crippen molar-refractivity contribution >= 4 is 23.0 Å². The van der Waals surface area contributed by atoms with Crippen molar-refractivity contribution in [1.29, 1.82) is 0 Å². The Kier molecular flexibility index (Phi) is 5.20. The lowest BCUT2D eigenvalue weighted by atomic mass is 10.1. The fraction of sp³-hybridized carbons (Fsp3) is 0.471. The Bertz CT molecular complexity index is 831. The van der Waals surface area contributed by atoms with E-state index in [0.29, 0.717) is 11.0 Å². The maximum atomic E-state index is 12.3. The molecule has 2 rings (SSSR count). The number of aromatic amines is 2. The SMILES string of the molecule is C[C@@H](NC(=O)OC(C)(C)C)C(=O)N[C@H](C)c1ccc2[nH]c(=O)[nH]c2c1. The van der Waals surface area contributed by atoms with Crippen LogP contribution in [0.1, 0.15) is 46.2 Å². The molecule has 0 saturated carbocycles. The lowest BCUT2D eigenvalue weighted by Gasteiger charge is -2.22. The Morgan fingerprint density at radius 2 is 1.72 bits per heavy atom. The van der Waals surface area contributed by atoms with Gasteiger partial charge in [0.25, 0.3) is 0 Å². The summed E-state index contributed by atoms with van der Waals surface area (Å²) < 4.78 is 5.13. The van der Waals surface area contributed by atoms with Crippen LogP contribution in [0.4, 0.5) is 4.79 Å². The number of nitrogens with one attached hydrogen (secondary N) is 4. The number of alkyl carbamates (subject to hydrolysis) is 1. The van der Waals surface area contributed by atoms with Crippen LogP contribution in [-0.4, -0.2) is 33.6 Å². The van der Waals surface area contributed by atoms with Gasteiger partial charge >= 0.3 is 11.8 Å². The summed E-state index contributed by atoms with van der Waals surface area (Å²) in [6.45, 7) is 8.66. The molecule has 0 aliphatic heterocycles. The average molecular weight is 348 g/mol. The first-order valence-electron chi connectivity index (χ1n) is 8.07. The zero-order valence-electron chi connectivity index (χ0n) is 15.0. The summed E-state index contributed by atoms with van der Waals surface area (Å²) in [5, 5.41) is 5.32. The van der Waals surface area contributed by atoms with E-state index in [-0.39, 0.29) is 17.6 Å². The molecule has 0 saturated heterocycles. The predicted octanol–water partition coefficient (Wildman–Crippen LogP) is 1.95. The van der Waals surface area contributed by atoms with Crippen molar-refractivity contribution in [2.75, 3.05) is 0 Å². The first-order chi connectivity index (χ1) is 11.5. The molecule has 2 aromatic rings. The number of H-pyrrole nitrogens is 2. The van der Waals surface area contributed by atoms with Crippen LogP contribution < -0.4 is 16.3 Å². The number of fused-ring (bicyclic) bond motifs is 1. The van der Waals surface area contributed by atoms with Crippen LogP contribution in [0.15, 0.2) is 23.0 Å². The smallest absolute Gasteiger partial charge is 0.408 e. The summed E-state index contributed by atoms with van der Waals surface area (Å²) in [5.41, 5.74) is 1.30. The summed E-state index contributed by atoms with van der Waals surface area (Å²) in [6, 6.07) is 4.35. The number of hydrogen-bond donors (Lipinski definition) is 4. The molecule has 4 N–H and O–H groups in total. The number of carbonyl (C=O) groups excluding carboxylic acids is 2. The van der Waals surface area contributed by atoms with Crippen molar-refractivity contribution in [3.63, 3.8) is 0 Å². The van der Waals surface area contributed by atoms with Gasteiger partial charge in [-0.15, -0.1) is 0 Å². The molecule has 1 aromatic carbocycles. The van der Waals surface area contributed by atoms with Crippen molar-refractivity contribution in [2.45, 2.75) is 52.3 Å². The second kappa shape index (κ2) is 7.00. The van der Waals surface area contributed by atoms with Gasteiger partial charge in [-0.25, -0.2) is 9.59 Å². The minimum atomic E-state index is -0.743. The van der Waals surface area contributed by atoms with E-state index in [1.54, 1.807) is 39.8 Å². The van der Waals surface area contributed by atoms with Gasteiger partial charge in [-0.2, -0.15) is 0 Å². The molecule has 0 unspecified atom stereocenters. The van der Waals surface area contributed by atoms with E-state index in [9.17, 15) is 14.4 Å². The van der Waals surface area contributed by atoms with Crippen molar-refractivity contribution in [2.24, 2.45) is 0 Å². The first-order valence-corrected chi connectivity index (χ1v) is 8.07. The Morgan fingerprint density at radius 1 is 1.08 bits per heavy atom. The number of benzene rings is 1. The second-order valence-electron chi connectivity index (χ2n) is 6.98. The summed E-state index contributed by atoms with van der Waals surface area (Å²) in [4.78, 5) is 40.6. The normalized spacial score (nSPS) is 14.0. The van der Waals surface area contributed by atoms with Crippen molar-refractivity contribution in [1.82, 2.24) is 20.6 Å². The van der Waals surface area contributed by atoms with Gasteiger partial charge in [0.2, 0.25) is 5.91 Å². The van der Waals surface area contributed by atoms with E-state index in [1.807, 2.05) is 13.0 Å². The predicted molar refractivity (Wildman–Crippen MR) is 94.3 cm³/mol. The number of ether oxygens (including phenoxy) is 1. The number of rotatable bonds is 4.